The topological polar surface area (TPSA) is 20.3 Å². The summed E-state index contributed by atoms with van der Waals surface area (Å²) in [5, 5.41) is 0. The van der Waals surface area contributed by atoms with Crippen molar-refractivity contribution >= 4 is 5.91 Å². The zero-order valence-corrected chi connectivity index (χ0v) is 11.2. The van der Waals surface area contributed by atoms with E-state index in [-0.39, 0.29) is 5.91 Å². The maximum atomic E-state index is 11.9. The average molecular weight is 233 g/mol. The van der Waals surface area contributed by atoms with E-state index in [9.17, 15) is 4.79 Å². The molecule has 0 bridgehead atoms. The van der Waals surface area contributed by atoms with E-state index in [1.54, 1.807) is 0 Å². The van der Waals surface area contributed by atoms with Crippen LogP contribution in [0.25, 0.3) is 0 Å². The average Bonchev–Trinajstić information content (AvgIpc) is 2.31. The quantitative estimate of drug-likeness (QED) is 0.736. The zero-order chi connectivity index (χ0) is 12.7. The summed E-state index contributed by atoms with van der Waals surface area (Å²) in [6.45, 7) is 7.84. The summed E-state index contributed by atoms with van der Waals surface area (Å²) in [7, 11) is 0. The highest BCUT2D eigenvalue weighted by atomic mass is 16.2. The van der Waals surface area contributed by atoms with Crippen molar-refractivity contribution in [2.75, 3.05) is 6.54 Å². The minimum absolute atomic E-state index is 0.273. The van der Waals surface area contributed by atoms with Gasteiger partial charge < -0.3 is 4.90 Å². The fourth-order valence-corrected chi connectivity index (χ4v) is 1.85. The first-order valence-electron chi connectivity index (χ1n) is 6.50. The Morgan fingerprint density at radius 2 is 1.76 bits per heavy atom. The molecule has 0 spiro atoms. The van der Waals surface area contributed by atoms with Crippen molar-refractivity contribution in [3.05, 3.63) is 35.4 Å². The van der Waals surface area contributed by atoms with E-state index in [1.165, 1.54) is 11.1 Å². The molecule has 2 heteroatoms. The molecule has 0 N–H and O–H groups in total. The van der Waals surface area contributed by atoms with Gasteiger partial charge in [-0.2, -0.15) is 0 Å². The molecule has 0 aliphatic carbocycles. The van der Waals surface area contributed by atoms with Crippen LogP contribution >= 0.6 is 0 Å². The Bertz CT molecular complexity index is 342. The van der Waals surface area contributed by atoms with Gasteiger partial charge in [0.2, 0.25) is 5.91 Å². The molecule has 0 aromatic heterocycles. The van der Waals surface area contributed by atoms with E-state index in [0.29, 0.717) is 6.42 Å². The van der Waals surface area contributed by atoms with Gasteiger partial charge in [-0.3, -0.25) is 4.79 Å². The molecular weight excluding hydrogens is 210 g/mol. The van der Waals surface area contributed by atoms with E-state index in [1.807, 2.05) is 11.8 Å². The molecule has 0 saturated carbocycles. The summed E-state index contributed by atoms with van der Waals surface area (Å²) in [6.07, 6.45) is 2.60. The highest BCUT2D eigenvalue weighted by molar-refractivity contribution is 5.76. The third-order valence-corrected chi connectivity index (χ3v) is 2.80. The number of rotatable bonds is 6. The number of benzene rings is 1. The molecule has 0 fully saturated rings. The Morgan fingerprint density at radius 1 is 1.12 bits per heavy atom. The number of aryl methyl sites for hydroxylation is 1. The molecule has 0 atom stereocenters. The molecule has 0 radical (unpaired) electrons. The van der Waals surface area contributed by atoms with Gasteiger partial charge in [0.15, 0.2) is 0 Å². The third-order valence-electron chi connectivity index (χ3n) is 2.80. The van der Waals surface area contributed by atoms with E-state index in [2.05, 4.69) is 38.1 Å². The molecule has 1 amide bonds. The number of amides is 1. The Hall–Kier alpha value is -1.31. The van der Waals surface area contributed by atoms with Crippen LogP contribution in [-0.2, 0) is 11.3 Å². The molecule has 1 aromatic rings. The fourth-order valence-electron chi connectivity index (χ4n) is 1.85. The van der Waals surface area contributed by atoms with Gasteiger partial charge in [0, 0.05) is 19.5 Å². The predicted octanol–water partition coefficient (Wildman–Crippen LogP) is 3.53. The van der Waals surface area contributed by atoms with Crippen molar-refractivity contribution in [2.45, 2.75) is 46.6 Å². The van der Waals surface area contributed by atoms with E-state index >= 15 is 0 Å². The van der Waals surface area contributed by atoms with E-state index < -0.39 is 0 Å². The van der Waals surface area contributed by atoms with Crippen molar-refractivity contribution in [2.24, 2.45) is 0 Å². The van der Waals surface area contributed by atoms with Crippen LogP contribution in [0.5, 0.6) is 0 Å². The SMILES string of the molecule is CCCC(=O)N(CCC)Cc1ccc(C)cc1. The van der Waals surface area contributed by atoms with Gasteiger partial charge in [-0.15, -0.1) is 0 Å². The molecule has 0 unspecified atom stereocenters. The monoisotopic (exact) mass is 233 g/mol. The molecule has 0 aliphatic heterocycles. The lowest BCUT2D eigenvalue weighted by Gasteiger charge is -2.22. The van der Waals surface area contributed by atoms with Crippen LogP contribution in [0, 0.1) is 6.92 Å². The Kier molecular flexibility index (Phi) is 5.75. The highest BCUT2D eigenvalue weighted by Gasteiger charge is 2.11. The third kappa shape index (κ3) is 4.59. The first-order valence-corrected chi connectivity index (χ1v) is 6.50. The van der Waals surface area contributed by atoms with Gasteiger partial charge in [-0.1, -0.05) is 43.7 Å². The van der Waals surface area contributed by atoms with Crippen molar-refractivity contribution in [1.82, 2.24) is 4.90 Å². The van der Waals surface area contributed by atoms with Crippen molar-refractivity contribution in [3.63, 3.8) is 0 Å². The Labute approximate surface area is 105 Å². The lowest BCUT2D eigenvalue weighted by Crippen LogP contribution is -2.30. The molecule has 0 heterocycles. The standard InChI is InChI=1S/C15H23NO/c1-4-6-15(17)16(11-5-2)12-14-9-7-13(3)8-10-14/h7-10H,4-6,11-12H2,1-3H3. The second-order valence-electron chi connectivity index (χ2n) is 4.55. The number of hydrogen-bond acceptors (Lipinski definition) is 1. The van der Waals surface area contributed by atoms with Gasteiger partial charge >= 0.3 is 0 Å². The van der Waals surface area contributed by atoms with Crippen LogP contribution in [0.3, 0.4) is 0 Å². The van der Waals surface area contributed by atoms with Crippen LogP contribution in [0.2, 0.25) is 0 Å². The summed E-state index contributed by atoms with van der Waals surface area (Å²) in [5.41, 5.74) is 2.48. The molecule has 0 saturated heterocycles. The molecule has 0 aliphatic rings. The number of carbonyl (C=O) groups is 1. The maximum Gasteiger partial charge on any atom is 0.222 e. The minimum Gasteiger partial charge on any atom is -0.338 e. The predicted molar refractivity (Wildman–Crippen MR) is 71.8 cm³/mol. The van der Waals surface area contributed by atoms with Gasteiger partial charge in [0.1, 0.15) is 0 Å². The summed E-state index contributed by atoms with van der Waals surface area (Å²) in [4.78, 5) is 13.9. The van der Waals surface area contributed by atoms with Crippen LogP contribution in [0.1, 0.15) is 44.2 Å². The van der Waals surface area contributed by atoms with Crippen LogP contribution < -0.4 is 0 Å². The summed E-state index contributed by atoms with van der Waals surface area (Å²) in [6, 6.07) is 8.42. The molecule has 1 rings (SSSR count). The smallest absolute Gasteiger partial charge is 0.222 e. The maximum absolute atomic E-state index is 11.9. The van der Waals surface area contributed by atoms with Gasteiger partial charge in [-0.25, -0.2) is 0 Å². The van der Waals surface area contributed by atoms with Gasteiger partial charge in [0.25, 0.3) is 0 Å². The molecule has 2 nitrogen and oxygen atoms in total. The summed E-state index contributed by atoms with van der Waals surface area (Å²) >= 11 is 0. The Balaban J connectivity index is 2.65. The normalized spacial score (nSPS) is 10.3. The molecular formula is C15H23NO. The first kappa shape index (κ1) is 13.8. The number of nitrogens with zero attached hydrogens (tertiary/aromatic N) is 1. The van der Waals surface area contributed by atoms with Crippen LogP contribution in [0.4, 0.5) is 0 Å². The molecule has 17 heavy (non-hydrogen) atoms. The largest absolute Gasteiger partial charge is 0.338 e. The van der Waals surface area contributed by atoms with Crippen LogP contribution in [0.15, 0.2) is 24.3 Å². The zero-order valence-electron chi connectivity index (χ0n) is 11.2. The van der Waals surface area contributed by atoms with Crippen molar-refractivity contribution < 1.29 is 4.79 Å². The number of carbonyl (C=O) groups excluding carboxylic acids is 1. The molecule has 1 aromatic carbocycles. The van der Waals surface area contributed by atoms with Crippen molar-refractivity contribution in [3.8, 4) is 0 Å². The van der Waals surface area contributed by atoms with E-state index in [0.717, 1.165) is 25.9 Å². The molecule has 94 valence electrons. The fraction of sp³-hybridized carbons (Fsp3) is 0.533. The van der Waals surface area contributed by atoms with Gasteiger partial charge in [-0.05, 0) is 25.3 Å². The van der Waals surface area contributed by atoms with E-state index in [4.69, 9.17) is 0 Å². The van der Waals surface area contributed by atoms with Gasteiger partial charge in [0.05, 0.1) is 0 Å². The lowest BCUT2D eigenvalue weighted by molar-refractivity contribution is -0.131. The Morgan fingerprint density at radius 3 is 2.29 bits per heavy atom. The first-order chi connectivity index (χ1) is 8.17. The summed E-state index contributed by atoms with van der Waals surface area (Å²) in [5.74, 6) is 0.273. The van der Waals surface area contributed by atoms with Crippen LogP contribution in [-0.4, -0.2) is 17.4 Å². The number of hydrogen-bond donors (Lipinski definition) is 0. The minimum atomic E-state index is 0.273. The van der Waals surface area contributed by atoms with Crippen molar-refractivity contribution in [1.29, 1.82) is 0 Å². The second-order valence-corrected chi connectivity index (χ2v) is 4.55. The lowest BCUT2D eigenvalue weighted by atomic mass is 10.1. The summed E-state index contributed by atoms with van der Waals surface area (Å²) < 4.78 is 0. The second kappa shape index (κ2) is 7.10. The highest BCUT2D eigenvalue weighted by Crippen LogP contribution is 2.09.